The molecule has 1 saturated heterocycles. The van der Waals surface area contributed by atoms with Gasteiger partial charge >= 0.3 is 0 Å². The molecular weight excluding hydrogens is 268 g/mol. The van der Waals surface area contributed by atoms with Crippen molar-refractivity contribution in [2.24, 2.45) is 0 Å². The summed E-state index contributed by atoms with van der Waals surface area (Å²) in [5.74, 6) is 0. The van der Waals surface area contributed by atoms with Gasteiger partial charge in [0.1, 0.15) is 6.10 Å². The molecule has 8 heteroatoms. The molecule has 106 valence electrons. The summed E-state index contributed by atoms with van der Waals surface area (Å²) >= 11 is 0. The molecule has 1 aromatic rings. The van der Waals surface area contributed by atoms with Gasteiger partial charge in [0.2, 0.25) is 0 Å². The number of aromatic nitrogens is 2. The van der Waals surface area contributed by atoms with Gasteiger partial charge in [-0.15, -0.1) is 0 Å². The minimum absolute atomic E-state index is 0.262. The first-order chi connectivity index (χ1) is 8.91. The highest BCUT2D eigenvalue weighted by Gasteiger charge is 2.32. The first-order valence-corrected chi connectivity index (χ1v) is 7.38. The van der Waals surface area contributed by atoms with Gasteiger partial charge in [-0.25, -0.2) is 0 Å². The van der Waals surface area contributed by atoms with E-state index in [2.05, 4.69) is 9.97 Å². The molecular formula is C11H18N4O3S. The second-order valence-electron chi connectivity index (χ2n) is 4.59. The fourth-order valence-corrected chi connectivity index (χ4v) is 2.90. The second-order valence-corrected chi connectivity index (χ2v) is 6.73. The van der Waals surface area contributed by atoms with E-state index in [9.17, 15) is 8.42 Å². The van der Waals surface area contributed by atoms with E-state index < -0.39 is 10.2 Å². The number of hydrogen-bond acceptors (Lipinski definition) is 5. The predicted octanol–water partition coefficient (Wildman–Crippen LogP) is -0.0353. The molecule has 0 unspecified atom stereocenters. The third kappa shape index (κ3) is 3.08. The average molecular weight is 286 g/mol. The minimum atomic E-state index is -3.41. The number of aryl methyl sites for hydroxylation is 1. The maximum Gasteiger partial charge on any atom is 0.281 e. The molecule has 1 fully saturated rings. The Balaban J connectivity index is 2.16. The lowest BCUT2D eigenvalue weighted by molar-refractivity contribution is -0.00645. The van der Waals surface area contributed by atoms with E-state index in [1.807, 2.05) is 6.92 Å². The molecule has 1 aromatic heterocycles. The Morgan fingerprint density at radius 3 is 2.68 bits per heavy atom. The molecule has 0 aliphatic carbocycles. The molecule has 0 spiro atoms. The molecule has 2 rings (SSSR count). The van der Waals surface area contributed by atoms with Crippen LogP contribution in [-0.4, -0.2) is 60.8 Å². The third-order valence-corrected chi connectivity index (χ3v) is 4.85. The molecule has 0 amide bonds. The average Bonchev–Trinajstić information content (AvgIpc) is 2.39. The minimum Gasteiger partial charge on any atom is -0.369 e. The molecule has 0 bridgehead atoms. The van der Waals surface area contributed by atoms with Gasteiger partial charge in [-0.1, -0.05) is 0 Å². The standard InChI is InChI=1S/C11H18N4O3S/c1-9-6-13-10(7-12-9)11-8-15(4-5-18-11)19(16,17)14(2)3/h6-7,11H,4-5,8H2,1-3H3/t11-/m1/s1. The number of morpholine rings is 1. The van der Waals surface area contributed by atoms with Crippen LogP contribution in [-0.2, 0) is 14.9 Å². The van der Waals surface area contributed by atoms with Crippen LogP contribution >= 0.6 is 0 Å². The summed E-state index contributed by atoms with van der Waals surface area (Å²) in [5, 5.41) is 0. The maximum absolute atomic E-state index is 12.1. The van der Waals surface area contributed by atoms with Gasteiger partial charge in [-0.2, -0.15) is 17.0 Å². The van der Waals surface area contributed by atoms with Gasteiger partial charge < -0.3 is 4.74 Å². The van der Waals surface area contributed by atoms with Crippen molar-refractivity contribution in [2.45, 2.75) is 13.0 Å². The molecule has 1 aliphatic heterocycles. The van der Waals surface area contributed by atoms with E-state index in [1.54, 1.807) is 12.4 Å². The van der Waals surface area contributed by atoms with Gasteiger partial charge in [0.15, 0.2) is 0 Å². The Hall–Kier alpha value is -1.09. The summed E-state index contributed by atoms with van der Waals surface area (Å²) < 4.78 is 32.3. The lowest BCUT2D eigenvalue weighted by Crippen LogP contribution is -2.47. The predicted molar refractivity (Wildman–Crippen MR) is 69.6 cm³/mol. The van der Waals surface area contributed by atoms with Crippen LogP contribution in [0.25, 0.3) is 0 Å². The Labute approximate surface area is 113 Å². The normalized spacial score (nSPS) is 21.8. The summed E-state index contributed by atoms with van der Waals surface area (Å²) in [6.07, 6.45) is 2.92. The fourth-order valence-electron chi connectivity index (χ4n) is 1.81. The van der Waals surface area contributed by atoms with Crippen LogP contribution in [0.5, 0.6) is 0 Å². The van der Waals surface area contributed by atoms with Gasteiger partial charge in [-0.05, 0) is 6.92 Å². The largest absolute Gasteiger partial charge is 0.369 e. The third-order valence-electron chi connectivity index (χ3n) is 2.95. The first kappa shape index (κ1) is 14.3. The molecule has 0 radical (unpaired) electrons. The van der Waals surface area contributed by atoms with Crippen molar-refractivity contribution in [1.29, 1.82) is 0 Å². The Morgan fingerprint density at radius 1 is 1.37 bits per heavy atom. The summed E-state index contributed by atoms with van der Waals surface area (Å²) in [7, 11) is -0.372. The molecule has 1 atom stereocenters. The Bertz CT molecular complexity index is 529. The van der Waals surface area contributed by atoms with Gasteiger partial charge in [-0.3, -0.25) is 9.97 Å². The molecule has 19 heavy (non-hydrogen) atoms. The topological polar surface area (TPSA) is 75.6 Å². The highest BCUT2D eigenvalue weighted by atomic mass is 32.2. The lowest BCUT2D eigenvalue weighted by atomic mass is 10.2. The van der Waals surface area contributed by atoms with E-state index in [-0.39, 0.29) is 12.6 Å². The number of hydrogen-bond donors (Lipinski definition) is 0. The van der Waals surface area contributed by atoms with Crippen molar-refractivity contribution in [1.82, 2.24) is 18.6 Å². The fraction of sp³-hybridized carbons (Fsp3) is 0.636. The van der Waals surface area contributed by atoms with Crippen molar-refractivity contribution in [3.05, 3.63) is 23.8 Å². The van der Waals surface area contributed by atoms with E-state index in [0.29, 0.717) is 18.8 Å². The van der Waals surface area contributed by atoms with E-state index in [1.165, 1.54) is 22.7 Å². The molecule has 0 N–H and O–H groups in total. The molecule has 7 nitrogen and oxygen atoms in total. The second kappa shape index (κ2) is 5.49. The van der Waals surface area contributed by atoms with Crippen molar-refractivity contribution in [2.75, 3.05) is 33.8 Å². The van der Waals surface area contributed by atoms with Crippen LogP contribution in [0.1, 0.15) is 17.5 Å². The smallest absolute Gasteiger partial charge is 0.281 e. The van der Waals surface area contributed by atoms with Crippen molar-refractivity contribution in [3.8, 4) is 0 Å². The van der Waals surface area contributed by atoms with E-state index >= 15 is 0 Å². The molecule has 1 aliphatic rings. The number of nitrogens with zero attached hydrogens (tertiary/aromatic N) is 4. The lowest BCUT2D eigenvalue weighted by Gasteiger charge is -2.33. The summed E-state index contributed by atoms with van der Waals surface area (Å²) in [6.45, 7) is 2.82. The summed E-state index contributed by atoms with van der Waals surface area (Å²) in [6, 6.07) is 0. The van der Waals surface area contributed by atoms with Gasteiger partial charge in [0.25, 0.3) is 10.2 Å². The van der Waals surface area contributed by atoms with Crippen LogP contribution in [0.4, 0.5) is 0 Å². The maximum atomic E-state index is 12.1. The van der Waals surface area contributed by atoms with E-state index in [4.69, 9.17) is 4.74 Å². The van der Waals surface area contributed by atoms with Crippen LogP contribution in [0.2, 0.25) is 0 Å². The van der Waals surface area contributed by atoms with E-state index in [0.717, 1.165) is 5.69 Å². The van der Waals surface area contributed by atoms with Gasteiger partial charge in [0, 0.05) is 33.4 Å². The quantitative estimate of drug-likeness (QED) is 0.779. The van der Waals surface area contributed by atoms with Crippen LogP contribution in [0, 0.1) is 6.92 Å². The Kier molecular flexibility index (Phi) is 4.14. The zero-order valence-electron chi connectivity index (χ0n) is 11.3. The van der Waals surface area contributed by atoms with Crippen LogP contribution < -0.4 is 0 Å². The van der Waals surface area contributed by atoms with Crippen LogP contribution in [0.3, 0.4) is 0 Å². The molecule has 0 aromatic carbocycles. The number of ether oxygens (including phenoxy) is 1. The Morgan fingerprint density at radius 2 is 2.11 bits per heavy atom. The first-order valence-electron chi connectivity index (χ1n) is 5.99. The molecule has 2 heterocycles. The zero-order valence-corrected chi connectivity index (χ0v) is 12.1. The van der Waals surface area contributed by atoms with Crippen molar-refractivity contribution in [3.63, 3.8) is 0 Å². The summed E-state index contributed by atoms with van der Waals surface area (Å²) in [4.78, 5) is 8.40. The van der Waals surface area contributed by atoms with Crippen LogP contribution in [0.15, 0.2) is 12.4 Å². The highest BCUT2D eigenvalue weighted by molar-refractivity contribution is 7.86. The monoisotopic (exact) mass is 286 g/mol. The van der Waals surface area contributed by atoms with Crippen molar-refractivity contribution >= 4 is 10.2 Å². The van der Waals surface area contributed by atoms with Crippen molar-refractivity contribution < 1.29 is 13.2 Å². The SMILES string of the molecule is Cc1cnc([C@H]2CN(S(=O)(=O)N(C)C)CCO2)cn1. The van der Waals surface area contributed by atoms with Gasteiger partial charge in [0.05, 0.1) is 24.2 Å². The highest BCUT2D eigenvalue weighted by Crippen LogP contribution is 2.22. The molecule has 0 saturated carbocycles. The summed E-state index contributed by atoms with van der Waals surface area (Å²) in [5.41, 5.74) is 1.47. The number of rotatable bonds is 3. The zero-order chi connectivity index (χ0) is 14.0.